The zero-order valence-corrected chi connectivity index (χ0v) is 6.39. The quantitative estimate of drug-likeness (QED) is 0.336. The van der Waals surface area contributed by atoms with Crippen molar-refractivity contribution in [2.45, 2.75) is 20.0 Å². The third-order valence-corrected chi connectivity index (χ3v) is 1.60. The standard InChI is InChI=1S/C6H10FN3O/c1-3-5(6(8)9)4(2)11-10(3)7/h4H,1-2H3,(H3,8,9). The molecule has 11 heavy (non-hydrogen) atoms. The molecule has 0 radical (unpaired) electrons. The molecule has 1 unspecified atom stereocenters. The van der Waals surface area contributed by atoms with E-state index in [2.05, 4.69) is 4.84 Å². The molecule has 5 heteroatoms. The minimum atomic E-state index is -0.461. The van der Waals surface area contributed by atoms with Crippen LogP contribution in [0.3, 0.4) is 0 Å². The molecule has 0 saturated heterocycles. The summed E-state index contributed by atoms with van der Waals surface area (Å²) >= 11 is 0. The molecule has 1 rings (SSSR count). The summed E-state index contributed by atoms with van der Waals surface area (Å²) in [5.41, 5.74) is 5.86. The van der Waals surface area contributed by atoms with Crippen LogP contribution in [0.15, 0.2) is 11.3 Å². The number of allylic oxidation sites excluding steroid dienone is 1. The molecule has 0 aliphatic carbocycles. The summed E-state index contributed by atoms with van der Waals surface area (Å²) in [6.07, 6.45) is -0.461. The highest BCUT2D eigenvalue weighted by molar-refractivity contribution is 5.96. The predicted molar refractivity (Wildman–Crippen MR) is 38.1 cm³/mol. The fourth-order valence-electron chi connectivity index (χ4n) is 1.07. The molecule has 1 heterocycles. The summed E-state index contributed by atoms with van der Waals surface area (Å²) in [7, 11) is 0. The highest BCUT2D eigenvalue weighted by atomic mass is 19.2. The molecule has 0 aromatic carbocycles. The van der Waals surface area contributed by atoms with Crippen molar-refractivity contribution in [2.75, 3.05) is 0 Å². The number of hydroxylamine groups is 1. The van der Waals surface area contributed by atoms with Crippen molar-refractivity contribution in [1.29, 1.82) is 5.41 Å². The van der Waals surface area contributed by atoms with Crippen LogP contribution in [-0.4, -0.2) is 17.2 Å². The average Bonchev–Trinajstić information content (AvgIpc) is 2.07. The van der Waals surface area contributed by atoms with Crippen molar-refractivity contribution in [3.63, 3.8) is 0 Å². The number of hydrogen-bond acceptors (Lipinski definition) is 3. The zero-order valence-electron chi connectivity index (χ0n) is 6.39. The third kappa shape index (κ3) is 1.19. The van der Waals surface area contributed by atoms with Crippen molar-refractivity contribution in [2.24, 2.45) is 5.73 Å². The fourth-order valence-corrected chi connectivity index (χ4v) is 1.07. The highest BCUT2D eigenvalue weighted by Gasteiger charge is 2.29. The molecule has 0 fully saturated rings. The van der Waals surface area contributed by atoms with Gasteiger partial charge in [-0.2, -0.15) is 0 Å². The van der Waals surface area contributed by atoms with E-state index >= 15 is 0 Å². The van der Waals surface area contributed by atoms with Gasteiger partial charge in [-0.05, 0) is 13.8 Å². The summed E-state index contributed by atoms with van der Waals surface area (Å²) in [4.78, 5) is 4.62. The van der Waals surface area contributed by atoms with Crippen molar-refractivity contribution in [3.8, 4) is 0 Å². The lowest BCUT2D eigenvalue weighted by Crippen LogP contribution is -2.20. The first-order valence-electron chi connectivity index (χ1n) is 3.22. The maximum atomic E-state index is 12.6. The molecule has 1 atom stereocenters. The average molecular weight is 159 g/mol. The smallest absolute Gasteiger partial charge is 0.123 e. The molecule has 0 aromatic rings. The van der Waals surface area contributed by atoms with Gasteiger partial charge in [-0.25, -0.2) is 4.84 Å². The van der Waals surface area contributed by atoms with E-state index in [0.29, 0.717) is 5.57 Å². The van der Waals surface area contributed by atoms with Gasteiger partial charge in [0.2, 0.25) is 0 Å². The minimum absolute atomic E-state index is 0.140. The topological polar surface area (TPSA) is 62.3 Å². The normalized spacial score (nSPS) is 24.6. The Kier molecular flexibility index (Phi) is 1.82. The number of nitrogens with zero attached hydrogens (tertiary/aromatic N) is 1. The van der Waals surface area contributed by atoms with E-state index in [9.17, 15) is 4.48 Å². The van der Waals surface area contributed by atoms with Crippen LogP contribution >= 0.6 is 0 Å². The maximum Gasteiger partial charge on any atom is 0.123 e. The predicted octanol–water partition coefficient (Wildman–Crippen LogP) is 0.717. The number of hydrogen-bond donors (Lipinski definition) is 2. The van der Waals surface area contributed by atoms with Crippen molar-refractivity contribution >= 4 is 5.84 Å². The largest absolute Gasteiger partial charge is 0.384 e. The van der Waals surface area contributed by atoms with E-state index in [1.807, 2.05) is 0 Å². The molecule has 0 amide bonds. The number of halogens is 1. The van der Waals surface area contributed by atoms with Crippen molar-refractivity contribution in [1.82, 2.24) is 5.29 Å². The van der Waals surface area contributed by atoms with E-state index in [1.165, 1.54) is 6.92 Å². The van der Waals surface area contributed by atoms with Gasteiger partial charge in [-0.3, -0.25) is 5.41 Å². The lowest BCUT2D eigenvalue weighted by molar-refractivity contribution is -0.250. The Morgan fingerprint density at radius 1 is 1.82 bits per heavy atom. The minimum Gasteiger partial charge on any atom is -0.384 e. The van der Waals surface area contributed by atoms with Gasteiger partial charge in [0.05, 0.1) is 5.70 Å². The number of nitrogens with one attached hydrogen (secondary N) is 1. The van der Waals surface area contributed by atoms with Crippen LogP contribution in [0.5, 0.6) is 0 Å². The molecule has 62 valence electrons. The SMILES string of the molecule is CC1=C(C(=N)N)C(C)ON1F. The van der Waals surface area contributed by atoms with Gasteiger partial charge in [-0.1, -0.05) is 9.77 Å². The second-order valence-corrected chi connectivity index (χ2v) is 2.41. The van der Waals surface area contributed by atoms with Crippen LogP contribution in [-0.2, 0) is 4.84 Å². The Labute approximate surface area is 63.8 Å². The molecule has 0 aromatic heterocycles. The molecule has 3 N–H and O–H groups in total. The van der Waals surface area contributed by atoms with Crippen LogP contribution in [0.4, 0.5) is 4.48 Å². The highest BCUT2D eigenvalue weighted by Crippen LogP contribution is 2.25. The third-order valence-electron chi connectivity index (χ3n) is 1.60. The Morgan fingerprint density at radius 2 is 2.36 bits per heavy atom. The number of rotatable bonds is 1. The van der Waals surface area contributed by atoms with E-state index < -0.39 is 6.10 Å². The van der Waals surface area contributed by atoms with E-state index in [4.69, 9.17) is 11.1 Å². The molecular formula is C6H10FN3O. The van der Waals surface area contributed by atoms with Gasteiger partial charge < -0.3 is 5.73 Å². The van der Waals surface area contributed by atoms with E-state index in [-0.39, 0.29) is 16.8 Å². The van der Waals surface area contributed by atoms with Gasteiger partial charge in [0.15, 0.2) is 0 Å². The van der Waals surface area contributed by atoms with Crippen LogP contribution in [0.1, 0.15) is 13.8 Å². The van der Waals surface area contributed by atoms with Gasteiger partial charge in [0.25, 0.3) is 0 Å². The lowest BCUT2D eigenvalue weighted by Gasteiger charge is -2.05. The van der Waals surface area contributed by atoms with Crippen molar-refractivity contribution < 1.29 is 9.32 Å². The van der Waals surface area contributed by atoms with Crippen molar-refractivity contribution in [3.05, 3.63) is 11.3 Å². The first-order chi connectivity index (χ1) is 5.04. The van der Waals surface area contributed by atoms with Crippen LogP contribution in [0.2, 0.25) is 0 Å². The fraction of sp³-hybridized carbons (Fsp3) is 0.500. The lowest BCUT2D eigenvalue weighted by atomic mass is 10.1. The maximum absolute atomic E-state index is 12.6. The van der Waals surface area contributed by atoms with Gasteiger partial charge >= 0.3 is 0 Å². The molecule has 0 bridgehead atoms. The molecule has 4 nitrogen and oxygen atoms in total. The molecule has 1 aliphatic heterocycles. The Bertz CT molecular complexity index is 226. The zero-order chi connectivity index (χ0) is 8.59. The molecule has 1 aliphatic rings. The molecule has 0 spiro atoms. The Morgan fingerprint density at radius 3 is 2.55 bits per heavy atom. The first-order valence-corrected chi connectivity index (χ1v) is 3.22. The summed E-state index contributed by atoms with van der Waals surface area (Å²) in [6, 6.07) is 0. The second kappa shape index (κ2) is 2.50. The Hall–Kier alpha value is -1.10. The van der Waals surface area contributed by atoms with Gasteiger partial charge in [0.1, 0.15) is 11.9 Å². The van der Waals surface area contributed by atoms with Crippen LogP contribution < -0.4 is 5.73 Å². The summed E-state index contributed by atoms with van der Waals surface area (Å²) in [6.45, 7) is 3.15. The summed E-state index contributed by atoms with van der Waals surface area (Å²) < 4.78 is 12.6. The number of nitrogens with two attached hydrogens (primary N) is 1. The summed E-state index contributed by atoms with van der Waals surface area (Å²) in [5, 5.41) is 7.23. The van der Waals surface area contributed by atoms with E-state index in [1.54, 1.807) is 6.92 Å². The summed E-state index contributed by atoms with van der Waals surface area (Å²) in [5.74, 6) is -0.143. The Balaban J connectivity index is 2.97. The second-order valence-electron chi connectivity index (χ2n) is 2.41. The van der Waals surface area contributed by atoms with Gasteiger partial charge in [0, 0.05) is 5.57 Å². The van der Waals surface area contributed by atoms with Gasteiger partial charge in [-0.15, -0.1) is 0 Å². The first kappa shape index (κ1) is 8.00. The van der Waals surface area contributed by atoms with Crippen LogP contribution in [0, 0.1) is 5.41 Å². The number of amidine groups is 1. The monoisotopic (exact) mass is 159 g/mol. The molecule has 0 saturated carbocycles. The van der Waals surface area contributed by atoms with Crippen LogP contribution in [0.25, 0.3) is 0 Å². The van der Waals surface area contributed by atoms with E-state index in [0.717, 1.165) is 0 Å². The molecular weight excluding hydrogens is 149 g/mol.